The van der Waals surface area contributed by atoms with Crippen molar-refractivity contribution < 1.29 is 4.74 Å². The minimum absolute atomic E-state index is 0.789. The van der Waals surface area contributed by atoms with E-state index < -0.39 is 0 Å². The van der Waals surface area contributed by atoms with Gasteiger partial charge in [-0.3, -0.25) is 5.43 Å². The van der Waals surface area contributed by atoms with E-state index in [0.29, 0.717) is 0 Å². The fraction of sp³-hybridized carbons (Fsp3) is 0.111. The Kier molecular flexibility index (Phi) is 4.68. The molecule has 0 fully saturated rings. The van der Waals surface area contributed by atoms with E-state index in [1.54, 1.807) is 7.11 Å². The second kappa shape index (κ2) is 7.07. The van der Waals surface area contributed by atoms with E-state index in [-0.39, 0.29) is 0 Å². The predicted octanol–water partition coefficient (Wildman–Crippen LogP) is 4.57. The van der Waals surface area contributed by atoms with Crippen molar-refractivity contribution in [1.29, 1.82) is 0 Å². The Morgan fingerprint density at radius 1 is 1.17 bits per heavy atom. The summed E-state index contributed by atoms with van der Waals surface area (Å²) < 4.78 is 5.30. The summed E-state index contributed by atoms with van der Waals surface area (Å²) in [6, 6.07) is 16.1. The van der Waals surface area contributed by atoms with Crippen LogP contribution >= 0.6 is 11.3 Å². The van der Waals surface area contributed by atoms with Crippen molar-refractivity contribution in [2.24, 2.45) is 5.10 Å². The number of aryl methyl sites for hydroxylation is 1. The van der Waals surface area contributed by atoms with E-state index in [4.69, 9.17) is 4.74 Å². The molecule has 4 nitrogen and oxygen atoms in total. The van der Waals surface area contributed by atoms with Gasteiger partial charge in [-0.1, -0.05) is 36.4 Å². The number of ether oxygens (including phenoxy) is 1. The Morgan fingerprint density at radius 3 is 2.83 bits per heavy atom. The number of hydrogen-bond donors (Lipinski definition) is 1. The first-order valence-electron chi connectivity index (χ1n) is 7.21. The van der Waals surface area contributed by atoms with Gasteiger partial charge in [0.2, 0.25) is 5.13 Å². The molecule has 3 rings (SSSR count). The molecule has 23 heavy (non-hydrogen) atoms. The summed E-state index contributed by atoms with van der Waals surface area (Å²) in [5.41, 5.74) is 7.18. The first-order chi connectivity index (χ1) is 11.3. The Hall–Kier alpha value is -2.66. The molecule has 0 bridgehead atoms. The van der Waals surface area contributed by atoms with Gasteiger partial charge in [0.05, 0.1) is 19.0 Å². The summed E-state index contributed by atoms with van der Waals surface area (Å²) in [5, 5.41) is 7.07. The van der Waals surface area contributed by atoms with Crippen LogP contribution in [0.1, 0.15) is 11.3 Å². The molecule has 1 aromatic heterocycles. The summed E-state index contributed by atoms with van der Waals surface area (Å²) in [6.07, 6.45) is 1.81. The van der Waals surface area contributed by atoms with E-state index in [0.717, 1.165) is 33.3 Å². The lowest BCUT2D eigenvalue weighted by Gasteiger charge is -2.07. The molecule has 0 radical (unpaired) electrons. The number of anilines is 1. The maximum atomic E-state index is 5.30. The Balaban J connectivity index is 1.85. The van der Waals surface area contributed by atoms with Crippen LogP contribution in [-0.2, 0) is 0 Å². The molecule has 0 saturated heterocycles. The molecule has 0 spiro atoms. The maximum Gasteiger partial charge on any atom is 0.203 e. The van der Waals surface area contributed by atoms with Crippen LogP contribution in [0.4, 0.5) is 5.13 Å². The van der Waals surface area contributed by atoms with Gasteiger partial charge in [0.25, 0.3) is 0 Å². The third kappa shape index (κ3) is 3.76. The van der Waals surface area contributed by atoms with Crippen LogP contribution in [0, 0.1) is 6.92 Å². The first-order valence-corrected chi connectivity index (χ1v) is 8.09. The molecule has 1 heterocycles. The van der Waals surface area contributed by atoms with Crippen molar-refractivity contribution in [1.82, 2.24) is 4.98 Å². The van der Waals surface area contributed by atoms with E-state index in [1.807, 2.05) is 54.9 Å². The van der Waals surface area contributed by atoms with E-state index in [9.17, 15) is 0 Å². The van der Waals surface area contributed by atoms with Crippen LogP contribution in [-0.4, -0.2) is 18.3 Å². The number of benzene rings is 2. The highest BCUT2D eigenvalue weighted by molar-refractivity contribution is 7.13. The van der Waals surface area contributed by atoms with Crippen LogP contribution in [0.25, 0.3) is 11.1 Å². The normalized spacial score (nSPS) is 10.9. The summed E-state index contributed by atoms with van der Waals surface area (Å²) in [6.45, 7) is 1.96. The second-order valence-corrected chi connectivity index (χ2v) is 5.84. The highest BCUT2D eigenvalue weighted by Crippen LogP contribution is 2.26. The quantitative estimate of drug-likeness (QED) is 0.552. The van der Waals surface area contributed by atoms with Crippen molar-refractivity contribution in [3.05, 3.63) is 65.2 Å². The molecule has 0 aliphatic carbocycles. The average Bonchev–Trinajstić information content (AvgIpc) is 3.01. The van der Waals surface area contributed by atoms with Crippen LogP contribution in [0.3, 0.4) is 0 Å². The molecule has 0 aliphatic rings. The van der Waals surface area contributed by atoms with Crippen LogP contribution < -0.4 is 10.2 Å². The predicted molar refractivity (Wildman–Crippen MR) is 96.5 cm³/mol. The van der Waals surface area contributed by atoms with E-state index in [2.05, 4.69) is 27.6 Å². The number of methoxy groups -OCH3 is 1. The van der Waals surface area contributed by atoms with E-state index in [1.165, 1.54) is 11.3 Å². The first kappa shape index (κ1) is 15.2. The van der Waals surface area contributed by atoms with Gasteiger partial charge >= 0.3 is 0 Å². The van der Waals surface area contributed by atoms with Gasteiger partial charge in [0.1, 0.15) is 5.75 Å². The average molecular weight is 323 g/mol. The Bertz CT molecular complexity index is 826. The summed E-state index contributed by atoms with van der Waals surface area (Å²) in [5.74, 6) is 0.839. The zero-order valence-corrected chi connectivity index (χ0v) is 13.8. The second-order valence-electron chi connectivity index (χ2n) is 4.98. The monoisotopic (exact) mass is 323 g/mol. The number of hydrogen-bond acceptors (Lipinski definition) is 5. The molecule has 0 aliphatic heterocycles. The number of thiazole rings is 1. The van der Waals surface area contributed by atoms with Gasteiger partial charge in [-0.05, 0) is 30.2 Å². The lowest BCUT2D eigenvalue weighted by atomic mass is 10.0. The van der Waals surface area contributed by atoms with Crippen molar-refractivity contribution in [3.8, 4) is 16.9 Å². The number of hydrazone groups is 1. The van der Waals surface area contributed by atoms with Crippen molar-refractivity contribution in [3.63, 3.8) is 0 Å². The third-order valence-corrected chi connectivity index (χ3v) is 4.19. The largest absolute Gasteiger partial charge is 0.497 e. The molecule has 0 unspecified atom stereocenters. The fourth-order valence-electron chi connectivity index (χ4n) is 2.23. The molecular weight excluding hydrogens is 306 g/mol. The molecule has 2 aromatic carbocycles. The highest BCUT2D eigenvalue weighted by atomic mass is 32.1. The summed E-state index contributed by atoms with van der Waals surface area (Å²) >= 11 is 1.54. The zero-order valence-electron chi connectivity index (χ0n) is 13.0. The Labute approximate surface area is 139 Å². The molecule has 0 atom stereocenters. The molecule has 0 saturated carbocycles. The van der Waals surface area contributed by atoms with Crippen molar-refractivity contribution in [2.75, 3.05) is 12.5 Å². The van der Waals surface area contributed by atoms with Crippen LogP contribution in [0.15, 0.2) is 59.0 Å². The number of nitrogens with zero attached hydrogens (tertiary/aromatic N) is 2. The minimum Gasteiger partial charge on any atom is -0.497 e. The molecule has 0 amide bonds. The summed E-state index contributed by atoms with van der Waals surface area (Å²) in [4.78, 5) is 4.32. The number of aromatic nitrogens is 1. The minimum atomic E-state index is 0.789. The van der Waals surface area contributed by atoms with Gasteiger partial charge in [-0.15, -0.1) is 11.3 Å². The third-order valence-electron chi connectivity index (χ3n) is 3.32. The van der Waals surface area contributed by atoms with Gasteiger partial charge in [-0.2, -0.15) is 5.10 Å². The highest BCUT2D eigenvalue weighted by Gasteiger charge is 2.04. The lowest BCUT2D eigenvalue weighted by molar-refractivity contribution is 0.415. The lowest BCUT2D eigenvalue weighted by Crippen LogP contribution is -1.93. The van der Waals surface area contributed by atoms with Crippen molar-refractivity contribution in [2.45, 2.75) is 6.92 Å². The molecule has 116 valence electrons. The van der Waals surface area contributed by atoms with Gasteiger partial charge < -0.3 is 4.74 Å². The van der Waals surface area contributed by atoms with Crippen LogP contribution in [0.2, 0.25) is 0 Å². The molecule has 3 aromatic rings. The molecule has 1 N–H and O–H groups in total. The van der Waals surface area contributed by atoms with Crippen molar-refractivity contribution >= 4 is 22.7 Å². The molecule has 5 heteroatoms. The van der Waals surface area contributed by atoms with Gasteiger partial charge in [0, 0.05) is 10.9 Å². The standard InChI is InChI=1S/C18H17N3OS/c1-13-12-23-18(20-13)21-19-11-15-6-3-4-9-17(15)14-7-5-8-16(10-14)22-2/h3-12H,1-2H3,(H,20,21). The van der Waals surface area contributed by atoms with Gasteiger partial charge in [0.15, 0.2) is 0 Å². The smallest absolute Gasteiger partial charge is 0.203 e. The SMILES string of the molecule is COc1cccc(-c2ccccc2C=NNc2nc(C)cs2)c1. The summed E-state index contributed by atoms with van der Waals surface area (Å²) in [7, 11) is 1.67. The topological polar surface area (TPSA) is 46.5 Å². The van der Waals surface area contributed by atoms with Gasteiger partial charge in [-0.25, -0.2) is 4.98 Å². The maximum absolute atomic E-state index is 5.30. The Morgan fingerprint density at radius 2 is 2.04 bits per heavy atom. The number of rotatable bonds is 5. The van der Waals surface area contributed by atoms with E-state index >= 15 is 0 Å². The zero-order chi connectivity index (χ0) is 16.1. The fourth-order valence-corrected chi connectivity index (χ4v) is 2.86. The van der Waals surface area contributed by atoms with Crippen LogP contribution in [0.5, 0.6) is 5.75 Å². The number of nitrogens with one attached hydrogen (secondary N) is 1. The molecular formula is C18H17N3OS.